The van der Waals surface area contributed by atoms with E-state index in [1.807, 2.05) is 30.3 Å². The highest BCUT2D eigenvalue weighted by atomic mass is 16.4. The Kier molecular flexibility index (Phi) is 3.47. The molecule has 1 heterocycles. The smallest absolute Gasteiger partial charge is 0.247 e. The summed E-state index contributed by atoms with van der Waals surface area (Å²) in [6.07, 6.45) is 5.73. The van der Waals surface area contributed by atoms with E-state index >= 15 is 0 Å². The molecule has 1 aromatic carbocycles. The van der Waals surface area contributed by atoms with Gasteiger partial charge >= 0.3 is 0 Å². The summed E-state index contributed by atoms with van der Waals surface area (Å²) < 4.78 is 5.72. The minimum atomic E-state index is 0.605. The Morgan fingerprint density at radius 1 is 1.05 bits per heavy atom. The molecule has 2 aromatic rings. The van der Waals surface area contributed by atoms with Crippen LogP contribution in [0.1, 0.15) is 31.6 Å². The van der Waals surface area contributed by atoms with Crippen LogP contribution in [0, 0.1) is 17.8 Å². The topological polar surface area (TPSA) is 51.0 Å². The summed E-state index contributed by atoms with van der Waals surface area (Å²) in [5.74, 6) is 4.12. The highest BCUT2D eigenvalue weighted by molar-refractivity contribution is 5.51. The molecule has 0 aliphatic heterocycles. The molecule has 0 amide bonds. The lowest BCUT2D eigenvalue weighted by atomic mass is 9.98. The van der Waals surface area contributed by atoms with Gasteiger partial charge in [-0.1, -0.05) is 18.2 Å². The molecule has 0 spiro atoms. The zero-order chi connectivity index (χ0) is 14.1. The van der Waals surface area contributed by atoms with Gasteiger partial charge < -0.3 is 9.73 Å². The summed E-state index contributed by atoms with van der Waals surface area (Å²) in [6, 6.07) is 9.92. The van der Waals surface area contributed by atoms with Gasteiger partial charge in [0.2, 0.25) is 11.8 Å². The summed E-state index contributed by atoms with van der Waals surface area (Å²) in [4.78, 5) is 0. The maximum atomic E-state index is 5.72. The average Bonchev–Trinajstić information content (AvgIpc) is 3.45. The van der Waals surface area contributed by atoms with Gasteiger partial charge in [0.05, 0.1) is 6.54 Å². The second kappa shape index (κ2) is 5.60. The van der Waals surface area contributed by atoms with E-state index in [0.29, 0.717) is 18.3 Å². The Balaban J connectivity index is 1.32. The maximum absolute atomic E-state index is 5.72. The second-order valence-electron chi connectivity index (χ2n) is 6.34. The zero-order valence-corrected chi connectivity index (χ0v) is 12.2. The molecule has 1 aromatic heterocycles. The summed E-state index contributed by atoms with van der Waals surface area (Å²) >= 11 is 0. The Bertz CT molecular complexity index is 575. The predicted molar refractivity (Wildman–Crippen MR) is 80.4 cm³/mol. The number of nitrogens with one attached hydrogen (secondary N) is 1. The monoisotopic (exact) mass is 283 g/mol. The molecule has 4 nitrogen and oxygen atoms in total. The Hall–Kier alpha value is -1.68. The quantitative estimate of drug-likeness (QED) is 0.847. The molecule has 0 unspecified atom stereocenters. The van der Waals surface area contributed by atoms with Crippen molar-refractivity contribution in [2.24, 2.45) is 17.8 Å². The van der Waals surface area contributed by atoms with E-state index in [9.17, 15) is 0 Å². The molecule has 1 N–H and O–H groups in total. The van der Waals surface area contributed by atoms with Crippen LogP contribution in [0.5, 0.6) is 0 Å². The molecule has 2 fully saturated rings. The van der Waals surface area contributed by atoms with Crippen molar-refractivity contribution in [1.82, 2.24) is 15.5 Å². The number of hydrogen-bond donors (Lipinski definition) is 1. The molecule has 0 atom stereocenters. The van der Waals surface area contributed by atoms with Crippen molar-refractivity contribution in [3.05, 3.63) is 36.2 Å². The molecule has 0 bridgehead atoms. The van der Waals surface area contributed by atoms with Crippen LogP contribution >= 0.6 is 0 Å². The van der Waals surface area contributed by atoms with Gasteiger partial charge in [0.1, 0.15) is 0 Å². The van der Waals surface area contributed by atoms with Gasteiger partial charge in [0, 0.05) is 5.56 Å². The molecular formula is C17H21N3O. The first-order valence-electron chi connectivity index (χ1n) is 7.98. The van der Waals surface area contributed by atoms with Crippen LogP contribution in [-0.2, 0) is 6.54 Å². The van der Waals surface area contributed by atoms with Crippen molar-refractivity contribution in [3.8, 4) is 11.5 Å². The van der Waals surface area contributed by atoms with Gasteiger partial charge in [0.25, 0.3) is 0 Å². The van der Waals surface area contributed by atoms with E-state index in [4.69, 9.17) is 4.42 Å². The predicted octanol–water partition coefficient (Wildman–Crippen LogP) is 3.26. The number of aromatic nitrogens is 2. The summed E-state index contributed by atoms with van der Waals surface area (Å²) in [5, 5.41) is 11.8. The van der Waals surface area contributed by atoms with E-state index in [1.165, 1.54) is 25.7 Å². The van der Waals surface area contributed by atoms with Gasteiger partial charge in [-0.3, -0.25) is 0 Å². The lowest BCUT2D eigenvalue weighted by molar-refractivity contribution is 0.366. The summed E-state index contributed by atoms with van der Waals surface area (Å²) in [6.45, 7) is 1.77. The molecule has 0 radical (unpaired) electrons. The summed E-state index contributed by atoms with van der Waals surface area (Å²) in [5.41, 5.74) is 0.977. The van der Waals surface area contributed by atoms with Crippen LogP contribution in [-0.4, -0.2) is 16.7 Å². The third-order valence-corrected chi connectivity index (χ3v) is 4.60. The first-order valence-corrected chi connectivity index (χ1v) is 7.98. The van der Waals surface area contributed by atoms with Crippen LogP contribution < -0.4 is 5.32 Å². The van der Waals surface area contributed by atoms with E-state index in [1.54, 1.807) is 0 Å². The van der Waals surface area contributed by atoms with Crippen LogP contribution in [0.3, 0.4) is 0 Å². The number of rotatable bonds is 7. The van der Waals surface area contributed by atoms with Gasteiger partial charge in [-0.2, -0.15) is 0 Å². The zero-order valence-electron chi connectivity index (χ0n) is 12.2. The number of hydrogen-bond acceptors (Lipinski definition) is 4. The lowest BCUT2D eigenvalue weighted by Crippen LogP contribution is -2.25. The molecular weight excluding hydrogens is 262 g/mol. The van der Waals surface area contributed by atoms with Gasteiger partial charge in [-0.25, -0.2) is 0 Å². The normalized spacial score (nSPS) is 18.3. The fourth-order valence-electron chi connectivity index (χ4n) is 3.14. The van der Waals surface area contributed by atoms with Crippen molar-refractivity contribution in [2.75, 3.05) is 6.54 Å². The molecule has 2 aliphatic carbocycles. The first kappa shape index (κ1) is 13.0. The number of nitrogens with zero attached hydrogens (tertiary/aromatic N) is 2. The Labute approximate surface area is 125 Å². The van der Waals surface area contributed by atoms with Crippen molar-refractivity contribution >= 4 is 0 Å². The molecule has 0 saturated heterocycles. The lowest BCUT2D eigenvalue weighted by Gasteiger charge is -2.15. The SMILES string of the molecule is c1ccc(-c2nnc(CNCC(C3CC3)C3CC3)o2)cc1. The van der Waals surface area contributed by atoms with Crippen LogP contribution in [0.4, 0.5) is 0 Å². The highest BCUT2D eigenvalue weighted by Crippen LogP contribution is 2.48. The summed E-state index contributed by atoms with van der Waals surface area (Å²) in [7, 11) is 0. The van der Waals surface area contributed by atoms with Crippen molar-refractivity contribution in [1.29, 1.82) is 0 Å². The Morgan fingerprint density at radius 2 is 1.76 bits per heavy atom. The standard InChI is InChI=1S/C17H21N3O/c1-2-4-14(5-3-1)17-20-19-16(21-17)11-18-10-15(12-6-7-12)13-8-9-13/h1-5,12-13,15,18H,6-11H2. The average molecular weight is 283 g/mol. The van der Waals surface area contributed by atoms with Crippen molar-refractivity contribution in [3.63, 3.8) is 0 Å². The molecule has 2 saturated carbocycles. The fraction of sp³-hybridized carbons (Fsp3) is 0.529. The van der Waals surface area contributed by atoms with Crippen molar-refractivity contribution < 1.29 is 4.42 Å². The van der Waals surface area contributed by atoms with Gasteiger partial charge in [-0.05, 0) is 62.1 Å². The molecule has 21 heavy (non-hydrogen) atoms. The Morgan fingerprint density at radius 3 is 2.43 bits per heavy atom. The van der Waals surface area contributed by atoms with E-state index in [2.05, 4.69) is 15.5 Å². The number of benzene rings is 1. The fourth-order valence-corrected chi connectivity index (χ4v) is 3.14. The molecule has 2 aliphatic rings. The second-order valence-corrected chi connectivity index (χ2v) is 6.34. The molecule has 110 valence electrons. The van der Waals surface area contributed by atoms with Crippen LogP contribution in [0.15, 0.2) is 34.7 Å². The van der Waals surface area contributed by atoms with Gasteiger partial charge in [0.15, 0.2) is 0 Å². The third kappa shape index (κ3) is 3.16. The van der Waals surface area contributed by atoms with E-state index in [-0.39, 0.29) is 0 Å². The van der Waals surface area contributed by atoms with Crippen LogP contribution in [0.2, 0.25) is 0 Å². The highest BCUT2D eigenvalue weighted by Gasteiger charge is 2.40. The van der Waals surface area contributed by atoms with Crippen molar-refractivity contribution in [2.45, 2.75) is 32.2 Å². The maximum Gasteiger partial charge on any atom is 0.247 e. The van der Waals surface area contributed by atoms with E-state index in [0.717, 1.165) is 29.9 Å². The molecule has 4 rings (SSSR count). The largest absolute Gasteiger partial charge is 0.419 e. The van der Waals surface area contributed by atoms with Gasteiger partial charge in [-0.15, -0.1) is 10.2 Å². The molecule has 4 heteroatoms. The minimum absolute atomic E-state index is 0.605. The van der Waals surface area contributed by atoms with Crippen LogP contribution in [0.25, 0.3) is 11.5 Å². The third-order valence-electron chi connectivity index (χ3n) is 4.60. The first-order chi connectivity index (χ1) is 10.4. The van der Waals surface area contributed by atoms with E-state index < -0.39 is 0 Å². The minimum Gasteiger partial charge on any atom is -0.419 e.